The molecular formula is C21H22F4N2O4S. The molecule has 1 N–H and O–H groups in total. The van der Waals surface area contributed by atoms with Gasteiger partial charge in [0.25, 0.3) is 0 Å². The summed E-state index contributed by atoms with van der Waals surface area (Å²) in [4.78, 5) is 12.0. The van der Waals surface area contributed by atoms with E-state index >= 15 is 0 Å². The fourth-order valence-electron chi connectivity index (χ4n) is 3.48. The third-order valence-corrected chi connectivity index (χ3v) is 7.08. The molecule has 0 unspecified atom stereocenters. The van der Waals surface area contributed by atoms with Crippen molar-refractivity contribution in [3.63, 3.8) is 0 Å². The number of ether oxygens (including phenoxy) is 1. The summed E-state index contributed by atoms with van der Waals surface area (Å²) in [7, 11) is -3.96. The van der Waals surface area contributed by atoms with Crippen LogP contribution in [0.4, 0.5) is 17.6 Å². The number of rotatable bonds is 7. The minimum atomic E-state index is -4.75. The van der Waals surface area contributed by atoms with E-state index in [1.165, 1.54) is 46.8 Å². The number of carbonyl (C=O) groups excluding carboxylic acids is 1. The van der Waals surface area contributed by atoms with Gasteiger partial charge in [0.1, 0.15) is 16.5 Å². The summed E-state index contributed by atoms with van der Waals surface area (Å²) in [6.07, 6.45) is -3.72. The Morgan fingerprint density at radius 1 is 1.06 bits per heavy atom. The lowest BCUT2D eigenvalue weighted by molar-refractivity contribution is -0.274. The van der Waals surface area contributed by atoms with Gasteiger partial charge in [0.2, 0.25) is 15.9 Å². The molecule has 0 saturated carbocycles. The van der Waals surface area contributed by atoms with Gasteiger partial charge in [0.15, 0.2) is 0 Å². The Kier molecular flexibility index (Phi) is 7.40. The number of benzene rings is 2. The molecule has 2 aromatic carbocycles. The Labute approximate surface area is 183 Å². The fourth-order valence-corrected chi connectivity index (χ4v) is 5.02. The summed E-state index contributed by atoms with van der Waals surface area (Å²) in [5.74, 6) is -1.72. The number of piperidine rings is 1. The molecule has 0 radical (unpaired) electrons. The van der Waals surface area contributed by atoms with Crippen LogP contribution in [0, 0.1) is 11.7 Å². The highest BCUT2D eigenvalue weighted by Crippen LogP contribution is 2.26. The maximum atomic E-state index is 13.9. The first kappa shape index (κ1) is 24.0. The molecule has 11 heteroatoms. The number of nitrogens with one attached hydrogen (secondary N) is 1. The summed E-state index contributed by atoms with van der Waals surface area (Å²) in [5.41, 5.74) is 0.727. The number of halogens is 4. The van der Waals surface area contributed by atoms with Crippen LogP contribution in [0.5, 0.6) is 5.75 Å². The SMILES string of the molecule is O=C(NCCc1ccc(OC(F)(F)F)cc1)C1CCN(S(=O)(=O)c2ccccc2F)CC1. The molecule has 0 spiro atoms. The van der Waals surface area contributed by atoms with Gasteiger partial charge in [-0.1, -0.05) is 24.3 Å². The number of sulfonamides is 1. The fraction of sp³-hybridized carbons (Fsp3) is 0.381. The molecule has 32 heavy (non-hydrogen) atoms. The molecule has 0 aliphatic carbocycles. The van der Waals surface area contributed by atoms with Crippen LogP contribution < -0.4 is 10.1 Å². The molecule has 0 atom stereocenters. The van der Waals surface area contributed by atoms with E-state index in [-0.39, 0.29) is 42.1 Å². The topological polar surface area (TPSA) is 75.7 Å². The standard InChI is InChI=1S/C21H22F4N2O4S/c22-18-3-1-2-4-19(18)32(29,30)27-13-10-16(11-14-27)20(28)26-12-9-15-5-7-17(8-6-15)31-21(23,24)25/h1-8,16H,9-14H2,(H,26,28). The van der Waals surface area contributed by atoms with Crippen molar-refractivity contribution in [3.8, 4) is 5.75 Å². The van der Waals surface area contributed by atoms with Gasteiger partial charge in [-0.05, 0) is 49.1 Å². The summed E-state index contributed by atoms with van der Waals surface area (Å²) in [6, 6.07) is 10.5. The number of carbonyl (C=O) groups is 1. The Balaban J connectivity index is 1.45. The Hall–Kier alpha value is -2.66. The smallest absolute Gasteiger partial charge is 0.406 e. The van der Waals surface area contributed by atoms with Gasteiger partial charge in [-0.25, -0.2) is 12.8 Å². The highest BCUT2D eigenvalue weighted by atomic mass is 32.2. The number of hydrogen-bond acceptors (Lipinski definition) is 4. The van der Waals surface area contributed by atoms with E-state index in [0.717, 1.165) is 11.6 Å². The second-order valence-electron chi connectivity index (χ2n) is 7.34. The van der Waals surface area contributed by atoms with Crippen molar-refractivity contribution in [1.29, 1.82) is 0 Å². The van der Waals surface area contributed by atoms with Crippen molar-refractivity contribution in [2.24, 2.45) is 5.92 Å². The third-order valence-electron chi connectivity index (χ3n) is 5.15. The molecule has 3 rings (SSSR count). The second kappa shape index (κ2) is 9.86. The molecular weight excluding hydrogens is 452 g/mol. The first-order chi connectivity index (χ1) is 15.1. The lowest BCUT2D eigenvalue weighted by atomic mass is 9.97. The summed E-state index contributed by atoms with van der Waals surface area (Å²) in [5, 5.41) is 2.77. The van der Waals surface area contributed by atoms with Crippen molar-refractivity contribution < 1.29 is 35.5 Å². The van der Waals surface area contributed by atoms with E-state index in [9.17, 15) is 30.8 Å². The molecule has 1 fully saturated rings. The summed E-state index contributed by atoms with van der Waals surface area (Å²) in [6.45, 7) is 0.497. The quantitative estimate of drug-likeness (QED) is 0.624. The largest absolute Gasteiger partial charge is 0.573 e. The lowest BCUT2D eigenvalue weighted by Crippen LogP contribution is -2.43. The molecule has 0 bridgehead atoms. The molecule has 1 aliphatic heterocycles. The second-order valence-corrected chi connectivity index (χ2v) is 9.25. The van der Waals surface area contributed by atoms with E-state index in [0.29, 0.717) is 19.3 Å². The molecule has 6 nitrogen and oxygen atoms in total. The average molecular weight is 474 g/mol. The molecule has 0 aromatic heterocycles. The first-order valence-corrected chi connectivity index (χ1v) is 11.4. The number of alkyl halides is 3. The van der Waals surface area contributed by atoms with Crippen molar-refractivity contribution in [3.05, 3.63) is 59.9 Å². The van der Waals surface area contributed by atoms with Crippen molar-refractivity contribution in [1.82, 2.24) is 9.62 Å². The van der Waals surface area contributed by atoms with Crippen molar-refractivity contribution >= 4 is 15.9 Å². The van der Waals surface area contributed by atoms with Gasteiger partial charge in [0.05, 0.1) is 0 Å². The Morgan fingerprint density at radius 3 is 2.28 bits per heavy atom. The van der Waals surface area contributed by atoms with Crippen molar-refractivity contribution in [2.75, 3.05) is 19.6 Å². The van der Waals surface area contributed by atoms with Crippen LogP contribution in [-0.2, 0) is 21.2 Å². The minimum absolute atomic E-state index is 0.107. The van der Waals surface area contributed by atoms with Crippen LogP contribution in [0.3, 0.4) is 0 Å². The number of nitrogens with zero attached hydrogens (tertiary/aromatic N) is 1. The zero-order valence-electron chi connectivity index (χ0n) is 16.9. The molecule has 1 saturated heterocycles. The van der Waals surface area contributed by atoms with Gasteiger partial charge in [-0.15, -0.1) is 13.2 Å². The van der Waals surface area contributed by atoms with Gasteiger partial charge in [0, 0.05) is 25.6 Å². The summed E-state index contributed by atoms with van der Waals surface area (Å²) >= 11 is 0. The zero-order chi connectivity index (χ0) is 23.4. The number of hydrogen-bond donors (Lipinski definition) is 1. The zero-order valence-corrected chi connectivity index (χ0v) is 17.8. The highest BCUT2D eigenvalue weighted by Gasteiger charge is 2.33. The predicted molar refractivity (Wildman–Crippen MR) is 108 cm³/mol. The van der Waals surface area contributed by atoms with Gasteiger partial charge in [-0.2, -0.15) is 4.31 Å². The van der Waals surface area contributed by atoms with E-state index in [1.54, 1.807) is 0 Å². The van der Waals surface area contributed by atoms with Crippen LogP contribution in [0.25, 0.3) is 0 Å². The number of amides is 1. The van der Waals surface area contributed by atoms with Crippen LogP contribution in [0.1, 0.15) is 18.4 Å². The first-order valence-electron chi connectivity index (χ1n) is 9.93. The monoisotopic (exact) mass is 474 g/mol. The lowest BCUT2D eigenvalue weighted by Gasteiger charge is -2.30. The molecule has 174 valence electrons. The third kappa shape index (κ3) is 6.19. The highest BCUT2D eigenvalue weighted by molar-refractivity contribution is 7.89. The molecule has 1 heterocycles. The van der Waals surface area contributed by atoms with Gasteiger partial charge < -0.3 is 10.1 Å². The minimum Gasteiger partial charge on any atom is -0.406 e. The van der Waals surface area contributed by atoms with E-state index in [1.807, 2.05) is 0 Å². The average Bonchev–Trinajstić information content (AvgIpc) is 2.74. The summed E-state index contributed by atoms with van der Waals surface area (Å²) < 4.78 is 80.7. The normalized spacial score (nSPS) is 16.0. The maximum absolute atomic E-state index is 13.9. The Morgan fingerprint density at radius 2 is 1.69 bits per heavy atom. The predicted octanol–water partition coefficient (Wildman–Crippen LogP) is 3.48. The van der Waals surface area contributed by atoms with Gasteiger partial charge in [-0.3, -0.25) is 4.79 Å². The van der Waals surface area contributed by atoms with Crippen LogP contribution in [-0.4, -0.2) is 44.6 Å². The van der Waals surface area contributed by atoms with E-state index in [4.69, 9.17) is 0 Å². The van der Waals surface area contributed by atoms with Crippen LogP contribution >= 0.6 is 0 Å². The van der Waals surface area contributed by atoms with Gasteiger partial charge >= 0.3 is 6.36 Å². The van der Waals surface area contributed by atoms with E-state index in [2.05, 4.69) is 10.1 Å². The maximum Gasteiger partial charge on any atom is 0.573 e. The van der Waals surface area contributed by atoms with Crippen LogP contribution in [0.2, 0.25) is 0 Å². The van der Waals surface area contributed by atoms with E-state index < -0.39 is 22.2 Å². The Bertz CT molecular complexity index is 1030. The molecule has 1 amide bonds. The van der Waals surface area contributed by atoms with Crippen LogP contribution in [0.15, 0.2) is 53.4 Å². The molecule has 1 aliphatic rings. The van der Waals surface area contributed by atoms with Crippen molar-refractivity contribution in [2.45, 2.75) is 30.5 Å². The molecule has 2 aromatic rings.